The second kappa shape index (κ2) is 4.62. The Morgan fingerprint density at radius 2 is 2.13 bits per heavy atom. The Labute approximate surface area is 90.1 Å². The highest BCUT2D eigenvalue weighted by Crippen LogP contribution is 2.15. The van der Waals surface area contributed by atoms with E-state index in [-0.39, 0.29) is 5.82 Å². The maximum atomic E-state index is 13.0. The monoisotopic (exact) mass is 211 g/mol. The molecule has 0 radical (unpaired) electrons. The molecule has 0 aliphatic carbocycles. The number of rotatable bonds is 4. The first-order valence-electron chi connectivity index (χ1n) is 5.17. The van der Waals surface area contributed by atoms with E-state index >= 15 is 0 Å². The maximum Gasteiger partial charge on any atom is 0.126 e. The second-order valence-corrected chi connectivity index (χ2v) is 4.17. The Balaban J connectivity index is 2.62. The third-order valence-corrected chi connectivity index (χ3v) is 2.59. The van der Waals surface area contributed by atoms with Gasteiger partial charge in [-0.15, -0.1) is 0 Å². The highest BCUT2D eigenvalue weighted by atomic mass is 19.1. The normalized spacial score (nSPS) is 14.7. The molecule has 3 heteroatoms. The van der Waals surface area contributed by atoms with Gasteiger partial charge in [0.05, 0.1) is 5.60 Å². The molecule has 0 aliphatic heterocycles. The minimum Gasteiger partial charge on any atom is -0.388 e. The van der Waals surface area contributed by atoms with Gasteiger partial charge in [0, 0.05) is 12.2 Å². The lowest BCUT2D eigenvalue weighted by Crippen LogP contribution is -2.32. The number of nitrogens with one attached hydrogen (secondary N) is 1. The van der Waals surface area contributed by atoms with Crippen molar-refractivity contribution in [1.29, 1.82) is 0 Å². The Kier molecular flexibility index (Phi) is 3.69. The Morgan fingerprint density at radius 1 is 1.47 bits per heavy atom. The standard InChI is InChI=1S/C12H18FNO/c1-4-12(3,15)8-14-10-5-6-11(13)9(2)7-10/h5-7,14-15H,4,8H2,1-3H3. The molecular formula is C12H18FNO. The predicted molar refractivity (Wildman–Crippen MR) is 60.5 cm³/mol. The van der Waals surface area contributed by atoms with E-state index in [1.165, 1.54) is 6.07 Å². The minimum atomic E-state index is -0.720. The topological polar surface area (TPSA) is 32.3 Å². The van der Waals surface area contributed by atoms with Crippen LogP contribution < -0.4 is 5.32 Å². The van der Waals surface area contributed by atoms with Crippen molar-refractivity contribution < 1.29 is 9.50 Å². The van der Waals surface area contributed by atoms with Crippen LogP contribution in [0.3, 0.4) is 0 Å². The van der Waals surface area contributed by atoms with Crippen molar-refractivity contribution in [2.45, 2.75) is 32.8 Å². The largest absolute Gasteiger partial charge is 0.388 e. The fourth-order valence-electron chi connectivity index (χ4n) is 1.17. The molecule has 0 amide bonds. The van der Waals surface area contributed by atoms with Crippen LogP contribution in [0.4, 0.5) is 10.1 Å². The molecular weight excluding hydrogens is 193 g/mol. The molecule has 0 heterocycles. The molecule has 0 bridgehead atoms. The summed E-state index contributed by atoms with van der Waals surface area (Å²) in [6.45, 7) is 5.89. The molecule has 0 saturated heterocycles. The van der Waals surface area contributed by atoms with Gasteiger partial charge in [-0.05, 0) is 44.0 Å². The van der Waals surface area contributed by atoms with Crippen molar-refractivity contribution in [3.8, 4) is 0 Å². The first-order chi connectivity index (χ1) is 6.94. The lowest BCUT2D eigenvalue weighted by Gasteiger charge is -2.22. The summed E-state index contributed by atoms with van der Waals surface area (Å²) >= 11 is 0. The third-order valence-electron chi connectivity index (χ3n) is 2.59. The predicted octanol–water partition coefficient (Wildman–Crippen LogP) is 2.71. The van der Waals surface area contributed by atoms with Gasteiger partial charge in [0.1, 0.15) is 5.82 Å². The van der Waals surface area contributed by atoms with Crippen LogP contribution in [0.5, 0.6) is 0 Å². The van der Waals surface area contributed by atoms with Crippen LogP contribution in [0.1, 0.15) is 25.8 Å². The van der Waals surface area contributed by atoms with Gasteiger partial charge in [-0.1, -0.05) is 6.92 Å². The number of halogens is 1. The second-order valence-electron chi connectivity index (χ2n) is 4.17. The highest BCUT2D eigenvalue weighted by Gasteiger charge is 2.16. The molecule has 1 aromatic rings. The first kappa shape index (κ1) is 12.0. The Morgan fingerprint density at radius 3 is 2.67 bits per heavy atom. The summed E-state index contributed by atoms with van der Waals surface area (Å²) in [5.41, 5.74) is 0.723. The van der Waals surface area contributed by atoms with Crippen molar-refractivity contribution in [1.82, 2.24) is 0 Å². The van der Waals surface area contributed by atoms with E-state index in [0.29, 0.717) is 18.5 Å². The summed E-state index contributed by atoms with van der Waals surface area (Å²) in [6, 6.07) is 4.84. The van der Waals surface area contributed by atoms with E-state index in [4.69, 9.17) is 0 Å². The smallest absolute Gasteiger partial charge is 0.126 e. The van der Waals surface area contributed by atoms with Gasteiger partial charge in [-0.3, -0.25) is 0 Å². The van der Waals surface area contributed by atoms with Gasteiger partial charge in [0.25, 0.3) is 0 Å². The zero-order valence-corrected chi connectivity index (χ0v) is 9.47. The third kappa shape index (κ3) is 3.51. The molecule has 2 nitrogen and oxygen atoms in total. The summed E-state index contributed by atoms with van der Waals surface area (Å²) in [7, 11) is 0. The average Bonchev–Trinajstić information content (AvgIpc) is 2.20. The van der Waals surface area contributed by atoms with Crippen LogP contribution in [0, 0.1) is 12.7 Å². The molecule has 2 N–H and O–H groups in total. The number of benzene rings is 1. The van der Waals surface area contributed by atoms with E-state index in [9.17, 15) is 9.50 Å². The number of hydrogen-bond acceptors (Lipinski definition) is 2. The minimum absolute atomic E-state index is 0.206. The zero-order chi connectivity index (χ0) is 11.5. The van der Waals surface area contributed by atoms with Crippen LogP contribution in [0.25, 0.3) is 0 Å². The molecule has 0 fully saturated rings. The lowest BCUT2D eigenvalue weighted by molar-refractivity contribution is 0.0697. The van der Waals surface area contributed by atoms with Gasteiger partial charge >= 0.3 is 0 Å². The Bertz CT molecular complexity index is 336. The SMILES string of the molecule is CCC(C)(O)CNc1ccc(F)c(C)c1. The molecule has 0 aromatic heterocycles. The van der Waals surface area contributed by atoms with Gasteiger partial charge in [0.15, 0.2) is 0 Å². The summed E-state index contributed by atoms with van der Waals surface area (Å²) in [6.07, 6.45) is 0.681. The first-order valence-corrected chi connectivity index (χ1v) is 5.17. The van der Waals surface area contributed by atoms with E-state index in [1.807, 2.05) is 6.92 Å². The summed E-state index contributed by atoms with van der Waals surface area (Å²) < 4.78 is 13.0. The van der Waals surface area contributed by atoms with E-state index in [2.05, 4.69) is 5.32 Å². The molecule has 1 atom stereocenters. The van der Waals surface area contributed by atoms with Gasteiger partial charge in [0.2, 0.25) is 0 Å². The van der Waals surface area contributed by atoms with Crippen molar-refractivity contribution in [2.24, 2.45) is 0 Å². The molecule has 1 aromatic carbocycles. The van der Waals surface area contributed by atoms with Crippen molar-refractivity contribution in [3.63, 3.8) is 0 Å². The summed E-state index contributed by atoms with van der Waals surface area (Å²) in [4.78, 5) is 0. The zero-order valence-electron chi connectivity index (χ0n) is 9.47. The summed E-state index contributed by atoms with van der Waals surface area (Å²) in [5, 5.41) is 12.9. The van der Waals surface area contributed by atoms with Gasteiger partial charge in [-0.25, -0.2) is 4.39 Å². The average molecular weight is 211 g/mol. The fourth-order valence-corrected chi connectivity index (χ4v) is 1.17. The van der Waals surface area contributed by atoms with Gasteiger partial charge in [-0.2, -0.15) is 0 Å². The molecule has 1 unspecified atom stereocenters. The van der Waals surface area contributed by atoms with E-state index < -0.39 is 5.60 Å². The number of aryl methyl sites for hydroxylation is 1. The molecule has 0 spiro atoms. The van der Waals surface area contributed by atoms with Crippen molar-refractivity contribution in [3.05, 3.63) is 29.6 Å². The molecule has 84 valence electrons. The van der Waals surface area contributed by atoms with Crippen molar-refractivity contribution >= 4 is 5.69 Å². The van der Waals surface area contributed by atoms with E-state index in [0.717, 1.165) is 5.69 Å². The molecule has 0 saturated carbocycles. The van der Waals surface area contributed by atoms with Crippen LogP contribution >= 0.6 is 0 Å². The summed E-state index contributed by atoms with van der Waals surface area (Å²) in [5.74, 6) is -0.206. The molecule has 0 aliphatic rings. The number of aliphatic hydroxyl groups is 1. The highest BCUT2D eigenvalue weighted by molar-refractivity contribution is 5.46. The Hall–Kier alpha value is -1.09. The fraction of sp³-hybridized carbons (Fsp3) is 0.500. The number of hydrogen-bond donors (Lipinski definition) is 2. The van der Waals surface area contributed by atoms with Crippen LogP contribution in [0.15, 0.2) is 18.2 Å². The molecule has 1 rings (SSSR count). The van der Waals surface area contributed by atoms with Crippen molar-refractivity contribution in [2.75, 3.05) is 11.9 Å². The maximum absolute atomic E-state index is 13.0. The van der Waals surface area contributed by atoms with E-state index in [1.54, 1.807) is 26.0 Å². The quantitative estimate of drug-likeness (QED) is 0.802. The molecule has 15 heavy (non-hydrogen) atoms. The van der Waals surface area contributed by atoms with Crippen LogP contribution in [-0.4, -0.2) is 17.3 Å². The number of anilines is 1. The lowest BCUT2D eigenvalue weighted by atomic mass is 10.0. The van der Waals surface area contributed by atoms with Gasteiger partial charge < -0.3 is 10.4 Å². The van der Waals surface area contributed by atoms with Crippen LogP contribution in [0.2, 0.25) is 0 Å². The van der Waals surface area contributed by atoms with Crippen LogP contribution in [-0.2, 0) is 0 Å².